The Morgan fingerprint density at radius 3 is 2.78 bits per heavy atom. The molecule has 0 unspecified atom stereocenters. The lowest BCUT2D eigenvalue weighted by atomic mass is 10.3. The van der Waals surface area contributed by atoms with Crippen molar-refractivity contribution in [3.05, 3.63) is 16.1 Å². The normalized spacial score (nSPS) is 22.5. The van der Waals surface area contributed by atoms with Crippen LogP contribution in [-0.4, -0.2) is 54.1 Å². The van der Waals surface area contributed by atoms with Gasteiger partial charge in [-0.15, -0.1) is 11.3 Å². The first-order valence-corrected chi connectivity index (χ1v) is 7.77. The molecule has 1 saturated heterocycles. The molecule has 0 amide bonds. The van der Waals surface area contributed by atoms with E-state index in [0.717, 1.165) is 19.1 Å². The summed E-state index contributed by atoms with van der Waals surface area (Å²) in [5.74, 6) is 0. The van der Waals surface area contributed by atoms with Crippen LogP contribution in [0.25, 0.3) is 0 Å². The average molecular weight is 266 g/mol. The Hall–Kier alpha value is -0.490. The number of nitrogens with zero attached hydrogens (tertiary/aromatic N) is 3. The number of rotatable bonds is 5. The predicted octanol–water partition coefficient (Wildman–Crippen LogP) is 1.14. The fourth-order valence-corrected chi connectivity index (χ4v) is 3.41. The van der Waals surface area contributed by atoms with Crippen LogP contribution in [0.15, 0.2) is 5.38 Å². The predicted molar refractivity (Wildman–Crippen MR) is 74.7 cm³/mol. The number of hydrogen-bond donors (Lipinski definition) is 1. The Bertz CT molecular complexity index is 380. The Morgan fingerprint density at radius 1 is 1.33 bits per heavy atom. The molecule has 1 aliphatic heterocycles. The highest BCUT2D eigenvalue weighted by molar-refractivity contribution is 7.09. The number of hydrogen-bond acceptors (Lipinski definition) is 5. The lowest BCUT2D eigenvalue weighted by Gasteiger charge is -2.34. The first kappa shape index (κ1) is 12.5. The highest BCUT2D eigenvalue weighted by Gasteiger charge is 2.31. The minimum atomic E-state index is 0.889. The van der Waals surface area contributed by atoms with E-state index in [1.807, 2.05) is 7.05 Å². The molecule has 0 bridgehead atoms. The van der Waals surface area contributed by atoms with E-state index in [4.69, 9.17) is 0 Å². The molecular weight excluding hydrogens is 244 g/mol. The van der Waals surface area contributed by atoms with Crippen molar-refractivity contribution in [2.45, 2.75) is 32.0 Å². The Balaban J connectivity index is 1.47. The van der Waals surface area contributed by atoms with Crippen molar-refractivity contribution in [2.75, 3.05) is 33.2 Å². The second-order valence-electron chi connectivity index (χ2n) is 5.31. The summed E-state index contributed by atoms with van der Waals surface area (Å²) in [6, 6.07) is 0.925. The maximum atomic E-state index is 4.66. The van der Waals surface area contributed by atoms with Gasteiger partial charge in [-0.2, -0.15) is 0 Å². The van der Waals surface area contributed by atoms with E-state index in [0.29, 0.717) is 0 Å². The monoisotopic (exact) mass is 266 g/mol. The standard InChI is InChI=1S/C13H22N4S/c1-14-8-13-15-11(10-18-13)9-16-4-6-17(7-5-16)12-2-3-12/h10,12,14H,2-9H2,1H3. The van der Waals surface area contributed by atoms with Crippen molar-refractivity contribution in [1.82, 2.24) is 20.1 Å². The maximum absolute atomic E-state index is 4.66. The molecule has 0 spiro atoms. The number of aromatic nitrogens is 1. The van der Waals surface area contributed by atoms with Gasteiger partial charge in [0, 0.05) is 50.7 Å². The van der Waals surface area contributed by atoms with Crippen LogP contribution in [0.3, 0.4) is 0 Å². The van der Waals surface area contributed by atoms with E-state index in [1.165, 1.54) is 49.7 Å². The van der Waals surface area contributed by atoms with Gasteiger partial charge in [0.15, 0.2) is 0 Å². The van der Waals surface area contributed by atoms with Crippen molar-refractivity contribution in [2.24, 2.45) is 0 Å². The molecule has 2 heterocycles. The first-order valence-electron chi connectivity index (χ1n) is 6.89. The molecule has 2 aliphatic rings. The molecule has 0 radical (unpaired) electrons. The van der Waals surface area contributed by atoms with E-state index in [9.17, 15) is 0 Å². The van der Waals surface area contributed by atoms with Gasteiger partial charge in [0.2, 0.25) is 0 Å². The smallest absolute Gasteiger partial charge is 0.107 e. The number of piperazine rings is 1. The topological polar surface area (TPSA) is 31.4 Å². The summed E-state index contributed by atoms with van der Waals surface area (Å²) >= 11 is 1.77. The van der Waals surface area contributed by atoms with Crippen LogP contribution in [0.2, 0.25) is 0 Å². The molecule has 1 N–H and O–H groups in total. The number of nitrogens with one attached hydrogen (secondary N) is 1. The molecule has 1 aliphatic carbocycles. The minimum absolute atomic E-state index is 0.889. The van der Waals surface area contributed by atoms with Gasteiger partial charge in [-0.25, -0.2) is 4.98 Å². The van der Waals surface area contributed by atoms with Gasteiger partial charge >= 0.3 is 0 Å². The van der Waals surface area contributed by atoms with Crippen LogP contribution in [0, 0.1) is 0 Å². The molecule has 1 aromatic heterocycles. The molecule has 100 valence electrons. The Kier molecular flexibility index (Phi) is 3.94. The molecule has 4 nitrogen and oxygen atoms in total. The Morgan fingerprint density at radius 2 is 2.11 bits per heavy atom. The fraction of sp³-hybridized carbons (Fsp3) is 0.769. The minimum Gasteiger partial charge on any atom is -0.314 e. The van der Waals surface area contributed by atoms with E-state index >= 15 is 0 Å². The van der Waals surface area contributed by atoms with E-state index < -0.39 is 0 Å². The van der Waals surface area contributed by atoms with Crippen LogP contribution in [-0.2, 0) is 13.1 Å². The van der Waals surface area contributed by atoms with Crippen molar-refractivity contribution in [1.29, 1.82) is 0 Å². The van der Waals surface area contributed by atoms with Gasteiger partial charge in [0.05, 0.1) is 5.69 Å². The number of thiazole rings is 1. The highest BCUT2D eigenvalue weighted by atomic mass is 32.1. The average Bonchev–Trinajstić information content (AvgIpc) is 3.14. The van der Waals surface area contributed by atoms with Crippen LogP contribution in [0.5, 0.6) is 0 Å². The zero-order chi connectivity index (χ0) is 12.4. The maximum Gasteiger partial charge on any atom is 0.107 e. The third-order valence-corrected chi connectivity index (χ3v) is 4.68. The van der Waals surface area contributed by atoms with E-state index in [1.54, 1.807) is 11.3 Å². The molecule has 3 rings (SSSR count). The van der Waals surface area contributed by atoms with Crippen LogP contribution in [0.4, 0.5) is 0 Å². The molecular formula is C13H22N4S. The van der Waals surface area contributed by atoms with Crippen LogP contribution >= 0.6 is 11.3 Å². The van der Waals surface area contributed by atoms with Gasteiger partial charge in [-0.05, 0) is 19.9 Å². The van der Waals surface area contributed by atoms with Crippen molar-refractivity contribution >= 4 is 11.3 Å². The third-order valence-electron chi connectivity index (χ3n) is 3.78. The summed E-state index contributed by atoms with van der Waals surface area (Å²) in [6.45, 7) is 6.82. The molecule has 1 saturated carbocycles. The molecule has 0 atom stereocenters. The summed E-state index contributed by atoms with van der Waals surface area (Å²) in [7, 11) is 1.97. The molecule has 1 aromatic rings. The van der Waals surface area contributed by atoms with Crippen molar-refractivity contribution in [3.8, 4) is 0 Å². The fourth-order valence-electron chi connectivity index (χ4n) is 2.61. The second kappa shape index (κ2) is 5.65. The largest absolute Gasteiger partial charge is 0.314 e. The van der Waals surface area contributed by atoms with Gasteiger partial charge < -0.3 is 5.32 Å². The van der Waals surface area contributed by atoms with E-state index in [-0.39, 0.29) is 0 Å². The Labute approximate surface area is 113 Å². The summed E-state index contributed by atoms with van der Waals surface area (Å²) in [5.41, 5.74) is 1.24. The van der Waals surface area contributed by atoms with Crippen molar-refractivity contribution in [3.63, 3.8) is 0 Å². The second-order valence-corrected chi connectivity index (χ2v) is 6.25. The SMILES string of the molecule is CNCc1nc(CN2CCN(C3CC3)CC2)cs1. The lowest BCUT2D eigenvalue weighted by Crippen LogP contribution is -2.46. The van der Waals surface area contributed by atoms with Gasteiger partial charge in [-0.3, -0.25) is 9.80 Å². The summed E-state index contributed by atoms with van der Waals surface area (Å²) in [5, 5.41) is 6.56. The van der Waals surface area contributed by atoms with Crippen molar-refractivity contribution < 1.29 is 0 Å². The summed E-state index contributed by atoms with van der Waals surface area (Å²) in [6.07, 6.45) is 2.86. The highest BCUT2D eigenvalue weighted by Crippen LogP contribution is 2.27. The summed E-state index contributed by atoms with van der Waals surface area (Å²) in [4.78, 5) is 9.86. The van der Waals surface area contributed by atoms with Gasteiger partial charge in [0.1, 0.15) is 5.01 Å². The zero-order valence-electron chi connectivity index (χ0n) is 11.1. The molecule has 0 aromatic carbocycles. The molecule has 5 heteroatoms. The zero-order valence-corrected chi connectivity index (χ0v) is 11.9. The molecule has 2 fully saturated rings. The van der Waals surface area contributed by atoms with Crippen LogP contribution < -0.4 is 5.32 Å². The van der Waals surface area contributed by atoms with Crippen LogP contribution in [0.1, 0.15) is 23.5 Å². The molecule has 18 heavy (non-hydrogen) atoms. The first-order chi connectivity index (χ1) is 8.85. The third kappa shape index (κ3) is 3.09. The lowest BCUT2D eigenvalue weighted by molar-refractivity contribution is 0.120. The van der Waals surface area contributed by atoms with Gasteiger partial charge in [0.25, 0.3) is 0 Å². The quantitative estimate of drug-likeness (QED) is 0.866. The van der Waals surface area contributed by atoms with Gasteiger partial charge in [-0.1, -0.05) is 0 Å². The van der Waals surface area contributed by atoms with E-state index in [2.05, 4.69) is 25.5 Å². The summed E-state index contributed by atoms with van der Waals surface area (Å²) < 4.78 is 0.